The molecule has 1 unspecified atom stereocenters. The molecule has 0 saturated heterocycles. The van der Waals surface area contributed by atoms with Crippen LogP contribution in [0.3, 0.4) is 0 Å². The summed E-state index contributed by atoms with van der Waals surface area (Å²) in [5.41, 5.74) is 1.64. The Bertz CT molecular complexity index is 655. The lowest BCUT2D eigenvalue weighted by atomic mass is 9.95. The molecule has 1 aliphatic rings. The minimum absolute atomic E-state index is 0.139. The molecule has 0 bridgehead atoms. The van der Waals surface area contributed by atoms with E-state index in [4.69, 9.17) is 4.74 Å². The van der Waals surface area contributed by atoms with Crippen molar-refractivity contribution in [2.24, 2.45) is 0 Å². The van der Waals surface area contributed by atoms with Crippen molar-refractivity contribution in [1.82, 2.24) is 0 Å². The van der Waals surface area contributed by atoms with Gasteiger partial charge in [-0.25, -0.2) is 0 Å². The fourth-order valence-corrected chi connectivity index (χ4v) is 2.98. The normalized spacial score (nSPS) is 14.3. The van der Waals surface area contributed by atoms with Gasteiger partial charge in [-0.2, -0.15) is 5.26 Å². The largest absolute Gasteiger partial charge is 0.493 e. The van der Waals surface area contributed by atoms with E-state index in [1.54, 1.807) is 6.07 Å². The molecule has 1 aliphatic heterocycles. The van der Waals surface area contributed by atoms with E-state index in [1.165, 1.54) is 11.3 Å². The molecule has 2 aromatic rings. The molecule has 94 valence electrons. The van der Waals surface area contributed by atoms with Gasteiger partial charge in [-0.15, -0.1) is 11.3 Å². The van der Waals surface area contributed by atoms with Crippen molar-refractivity contribution in [3.05, 3.63) is 51.7 Å². The highest BCUT2D eigenvalue weighted by molar-refractivity contribution is 7.10. The van der Waals surface area contributed by atoms with E-state index in [0.29, 0.717) is 12.2 Å². The van der Waals surface area contributed by atoms with Crippen LogP contribution in [0.1, 0.15) is 26.7 Å². The lowest BCUT2D eigenvalue weighted by Gasteiger charge is -2.07. The standard InChI is InChI=1S/C15H11NO2S/c16-9-12(14-2-1-7-19-14)15(17)11-3-4-13-10(8-11)5-6-18-13/h1-4,7-8,12H,5-6H2. The number of nitrogens with zero attached hydrogens (tertiary/aromatic N) is 1. The molecule has 0 amide bonds. The molecular weight excluding hydrogens is 258 g/mol. The summed E-state index contributed by atoms with van der Waals surface area (Å²) in [5, 5.41) is 11.1. The van der Waals surface area contributed by atoms with Crippen molar-refractivity contribution in [2.75, 3.05) is 6.61 Å². The second-order valence-electron chi connectivity index (χ2n) is 4.36. The van der Waals surface area contributed by atoms with E-state index >= 15 is 0 Å². The van der Waals surface area contributed by atoms with Gasteiger partial charge in [0.05, 0.1) is 12.7 Å². The van der Waals surface area contributed by atoms with Crippen molar-refractivity contribution in [1.29, 1.82) is 5.26 Å². The number of rotatable bonds is 3. The number of nitriles is 1. The van der Waals surface area contributed by atoms with Crippen LogP contribution in [-0.2, 0) is 6.42 Å². The highest BCUT2D eigenvalue weighted by Gasteiger charge is 2.24. The molecule has 1 aromatic carbocycles. The summed E-state index contributed by atoms with van der Waals surface area (Å²) in [6, 6.07) is 11.2. The maximum absolute atomic E-state index is 12.4. The number of hydrogen-bond acceptors (Lipinski definition) is 4. The van der Waals surface area contributed by atoms with E-state index in [9.17, 15) is 10.1 Å². The summed E-state index contributed by atoms with van der Waals surface area (Å²) >= 11 is 1.44. The molecule has 0 fully saturated rings. The summed E-state index contributed by atoms with van der Waals surface area (Å²) in [7, 11) is 0. The number of Topliss-reactive ketones (excluding diaryl/α,β-unsaturated/α-hetero) is 1. The molecule has 0 saturated carbocycles. The maximum atomic E-state index is 12.4. The molecule has 19 heavy (non-hydrogen) atoms. The van der Waals surface area contributed by atoms with Crippen LogP contribution < -0.4 is 4.74 Å². The number of ether oxygens (including phenoxy) is 1. The Morgan fingerprint density at radius 1 is 1.42 bits per heavy atom. The second kappa shape index (κ2) is 4.87. The van der Waals surface area contributed by atoms with Crippen LogP contribution in [0, 0.1) is 11.3 Å². The monoisotopic (exact) mass is 269 g/mol. The van der Waals surface area contributed by atoms with Crippen molar-refractivity contribution in [3.63, 3.8) is 0 Å². The first kappa shape index (κ1) is 11.9. The van der Waals surface area contributed by atoms with E-state index in [1.807, 2.05) is 29.6 Å². The van der Waals surface area contributed by atoms with Crippen LogP contribution >= 0.6 is 11.3 Å². The minimum atomic E-state index is -0.708. The van der Waals surface area contributed by atoms with E-state index < -0.39 is 5.92 Å². The Kier molecular flexibility index (Phi) is 3.06. The van der Waals surface area contributed by atoms with Crippen LogP contribution in [0.15, 0.2) is 35.7 Å². The molecule has 0 radical (unpaired) electrons. The topological polar surface area (TPSA) is 50.1 Å². The van der Waals surface area contributed by atoms with Crippen molar-refractivity contribution in [2.45, 2.75) is 12.3 Å². The Hall–Kier alpha value is -2.12. The van der Waals surface area contributed by atoms with Crippen molar-refractivity contribution in [3.8, 4) is 11.8 Å². The smallest absolute Gasteiger partial charge is 0.185 e. The average molecular weight is 269 g/mol. The molecular formula is C15H11NO2S. The summed E-state index contributed by atoms with van der Waals surface area (Å²) in [5.74, 6) is 0.00111. The van der Waals surface area contributed by atoms with E-state index in [-0.39, 0.29) is 5.78 Å². The lowest BCUT2D eigenvalue weighted by molar-refractivity contribution is 0.0980. The zero-order valence-electron chi connectivity index (χ0n) is 10.1. The Morgan fingerprint density at radius 2 is 2.32 bits per heavy atom. The van der Waals surface area contributed by atoms with Gasteiger partial charge in [0.25, 0.3) is 0 Å². The third kappa shape index (κ3) is 2.13. The number of hydrogen-bond donors (Lipinski definition) is 0. The molecule has 3 nitrogen and oxygen atoms in total. The predicted octanol–water partition coefficient (Wildman–Crippen LogP) is 3.17. The van der Waals surface area contributed by atoms with Gasteiger partial charge in [0.1, 0.15) is 11.7 Å². The van der Waals surface area contributed by atoms with Crippen LogP contribution in [-0.4, -0.2) is 12.4 Å². The highest BCUT2D eigenvalue weighted by Crippen LogP contribution is 2.29. The number of carbonyl (C=O) groups excluding carboxylic acids is 1. The van der Waals surface area contributed by atoms with Gasteiger partial charge < -0.3 is 4.74 Å². The number of carbonyl (C=O) groups is 1. The number of ketones is 1. The Labute approximate surface area is 115 Å². The van der Waals surface area contributed by atoms with Crippen molar-refractivity contribution < 1.29 is 9.53 Å². The molecule has 3 rings (SSSR count). The maximum Gasteiger partial charge on any atom is 0.185 e. The molecule has 4 heteroatoms. The Morgan fingerprint density at radius 3 is 3.05 bits per heavy atom. The molecule has 0 aliphatic carbocycles. The average Bonchev–Trinajstić information content (AvgIpc) is 3.09. The summed E-state index contributed by atoms with van der Waals surface area (Å²) in [6.45, 7) is 0.666. The number of thiophene rings is 1. The summed E-state index contributed by atoms with van der Waals surface area (Å²) in [4.78, 5) is 13.2. The van der Waals surface area contributed by atoms with Gasteiger partial charge in [0, 0.05) is 16.9 Å². The first-order valence-corrected chi connectivity index (χ1v) is 6.90. The molecule has 0 N–H and O–H groups in total. The Balaban J connectivity index is 1.93. The summed E-state index contributed by atoms with van der Waals surface area (Å²) < 4.78 is 5.42. The minimum Gasteiger partial charge on any atom is -0.493 e. The predicted molar refractivity (Wildman–Crippen MR) is 72.6 cm³/mol. The van der Waals surface area contributed by atoms with E-state index in [0.717, 1.165) is 22.6 Å². The number of benzene rings is 1. The first-order valence-electron chi connectivity index (χ1n) is 6.02. The SMILES string of the molecule is N#CC(C(=O)c1ccc2c(c1)CCO2)c1cccs1. The van der Waals surface area contributed by atoms with Gasteiger partial charge in [-0.05, 0) is 35.2 Å². The van der Waals surface area contributed by atoms with Gasteiger partial charge in [0.15, 0.2) is 5.78 Å². The first-order chi connectivity index (χ1) is 9.29. The molecule has 1 aromatic heterocycles. The molecule has 1 atom stereocenters. The van der Waals surface area contributed by atoms with Gasteiger partial charge >= 0.3 is 0 Å². The van der Waals surface area contributed by atoms with Gasteiger partial charge in [-0.1, -0.05) is 6.07 Å². The zero-order valence-corrected chi connectivity index (χ0v) is 10.9. The van der Waals surface area contributed by atoms with Crippen LogP contribution in [0.2, 0.25) is 0 Å². The zero-order chi connectivity index (χ0) is 13.2. The summed E-state index contributed by atoms with van der Waals surface area (Å²) in [6.07, 6.45) is 0.826. The van der Waals surface area contributed by atoms with Gasteiger partial charge in [0.2, 0.25) is 0 Å². The number of fused-ring (bicyclic) bond motifs is 1. The van der Waals surface area contributed by atoms with Crippen LogP contribution in [0.25, 0.3) is 0 Å². The third-order valence-electron chi connectivity index (χ3n) is 3.19. The van der Waals surface area contributed by atoms with E-state index in [2.05, 4.69) is 6.07 Å². The van der Waals surface area contributed by atoms with Gasteiger partial charge in [-0.3, -0.25) is 4.79 Å². The fourth-order valence-electron chi connectivity index (χ4n) is 2.21. The third-order valence-corrected chi connectivity index (χ3v) is 4.13. The van der Waals surface area contributed by atoms with Crippen molar-refractivity contribution >= 4 is 17.1 Å². The molecule has 0 spiro atoms. The molecule has 2 heterocycles. The fraction of sp³-hybridized carbons (Fsp3) is 0.200. The second-order valence-corrected chi connectivity index (χ2v) is 5.34. The quantitative estimate of drug-likeness (QED) is 0.804. The highest BCUT2D eigenvalue weighted by atomic mass is 32.1. The lowest BCUT2D eigenvalue weighted by Crippen LogP contribution is -2.10. The van der Waals surface area contributed by atoms with Crippen LogP contribution in [0.5, 0.6) is 5.75 Å². The van der Waals surface area contributed by atoms with Crippen LogP contribution in [0.4, 0.5) is 0 Å².